The van der Waals surface area contributed by atoms with E-state index in [0.717, 1.165) is 10.9 Å². The molecule has 0 bridgehead atoms. The summed E-state index contributed by atoms with van der Waals surface area (Å²) >= 11 is 0. The van der Waals surface area contributed by atoms with Crippen LogP contribution < -0.4 is 9.47 Å². The first-order valence-electron chi connectivity index (χ1n) is 5.73. The molecule has 0 atom stereocenters. The Balaban J connectivity index is 2.14. The highest BCUT2D eigenvalue weighted by Gasteiger charge is 2.25. The molecule has 0 saturated carbocycles. The van der Waals surface area contributed by atoms with Crippen molar-refractivity contribution in [3.05, 3.63) is 24.0 Å². The highest BCUT2D eigenvalue weighted by Crippen LogP contribution is 2.42. The lowest BCUT2D eigenvalue weighted by Gasteiger charge is -2.18. The third-order valence-corrected chi connectivity index (χ3v) is 2.88. The first-order chi connectivity index (χ1) is 9.15. The number of carboxylic acid groups (broad SMARTS) is 1. The van der Waals surface area contributed by atoms with Gasteiger partial charge in [-0.2, -0.15) is 0 Å². The minimum Gasteiger partial charge on any atom is -0.479 e. The lowest BCUT2D eigenvalue weighted by atomic mass is 10.0. The lowest BCUT2D eigenvalue weighted by molar-refractivity contribution is -0.139. The summed E-state index contributed by atoms with van der Waals surface area (Å²) in [5, 5.41) is 9.48. The zero-order chi connectivity index (χ0) is 13.4. The molecule has 1 aromatic heterocycles. The Morgan fingerprint density at radius 1 is 1.42 bits per heavy atom. The maximum Gasteiger partial charge on any atom is 0.341 e. The fourth-order valence-electron chi connectivity index (χ4n) is 2.08. The van der Waals surface area contributed by atoms with Gasteiger partial charge in [0.25, 0.3) is 0 Å². The largest absolute Gasteiger partial charge is 0.479 e. The molecule has 0 saturated heterocycles. The molecule has 2 aromatic rings. The van der Waals surface area contributed by atoms with Crippen LogP contribution in [-0.2, 0) is 16.0 Å². The number of furan rings is 1. The number of esters is 1. The zero-order valence-electron chi connectivity index (χ0n) is 9.84. The standard InChI is InChI=1S/C13H10O6/c14-9(15)6-18-13-11-8(3-4-17-11)5-7-1-2-10(16)19-12(7)13/h3-5H,1-2,6H2,(H,14,15). The molecule has 1 N–H and O–H groups in total. The summed E-state index contributed by atoms with van der Waals surface area (Å²) in [7, 11) is 0. The Morgan fingerprint density at radius 3 is 3.05 bits per heavy atom. The smallest absolute Gasteiger partial charge is 0.341 e. The van der Waals surface area contributed by atoms with E-state index in [4.69, 9.17) is 19.0 Å². The van der Waals surface area contributed by atoms with Gasteiger partial charge in [-0.05, 0) is 18.6 Å². The number of carbonyl (C=O) groups excluding carboxylic acids is 1. The van der Waals surface area contributed by atoms with Gasteiger partial charge in [-0.25, -0.2) is 4.79 Å². The van der Waals surface area contributed by atoms with Crippen LogP contribution in [0.2, 0.25) is 0 Å². The monoisotopic (exact) mass is 262 g/mol. The summed E-state index contributed by atoms with van der Waals surface area (Å²) in [6, 6.07) is 3.61. The molecule has 1 aliphatic rings. The minimum atomic E-state index is -1.11. The average molecular weight is 262 g/mol. The van der Waals surface area contributed by atoms with E-state index in [0.29, 0.717) is 18.4 Å². The van der Waals surface area contributed by atoms with Crippen molar-refractivity contribution in [2.75, 3.05) is 6.61 Å². The Morgan fingerprint density at radius 2 is 2.26 bits per heavy atom. The number of aliphatic carboxylic acids is 1. The molecule has 6 heteroatoms. The molecule has 0 radical (unpaired) electrons. The van der Waals surface area contributed by atoms with Crippen LogP contribution in [0.15, 0.2) is 22.8 Å². The van der Waals surface area contributed by atoms with Gasteiger partial charge in [-0.1, -0.05) is 0 Å². The predicted octanol–water partition coefficient (Wildman–Crippen LogP) is 1.75. The van der Waals surface area contributed by atoms with Crippen LogP contribution in [0.3, 0.4) is 0 Å². The SMILES string of the molecule is O=C(O)COc1c2c(cc3ccoc13)CCC(=O)O2. The van der Waals surface area contributed by atoms with E-state index < -0.39 is 12.6 Å². The van der Waals surface area contributed by atoms with E-state index in [1.807, 2.05) is 6.07 Å². The second-order valence-corrected chi connectivity index (χ2v) is 4.19. The van der Waals surface area contributed by atoms with Crippen LogP contribution in [0.5, 0.6) is 11.5 Å². The molecule has 0 unspecified atom stereocenters. The molecule has 0 fully saturated rings. The summed E-state index contributed by atoms with van der Waals surface area (Å²) in [5.41, 5.74) is 1.20. The predicted molar refractivity (Wildman–Crippen MR) is 63.3 cm³/mol. The van der Waals surface area contributed by atoms with E-state index in [1.165, 1.54) is 6.26 Å². The molecule has 0 amide bonds. The Labute approximate surface area is 107 Å². The summed E-state index contributed by atoms with van der Waals surface area (Å²) in [5.74, 6) is -1.04. The fraction of sp³-hybridized carbons (Fsp3) is 0.231. The number of hydrogen-bond acceptors (Lipinski definition) is 5. The molecule has 0 aliphatic carbocycles. The van der Waals surface area contributed by atoms with Crippen LogP contribution in [0.25, 0.3) is 11.0 Å². The number of aryl methyl sites for hydroxylation is 1. The second kappa shape index (κ2) is 4.31. The summed E-state index contributed by atoms with van der Waals surface area (Å²) < 4.78 is 15.6. The van der Waals surface area contributed by atoms with Crippen molar-refractivity contribution in [2.45, 2.75) is 12.8 Å². The normalized spacial score (nSPS) is 14.0. The summed E-state index contributed by atoms with van der Waals surface area (Å²) in [4.78, 5) is 22.0. The van der Waals surface area contributed by atoms with E-state index in [-0.39, 0.29) is 17.5 Å². The first kappa shape index (κ1) is 11.6. The number of hydrogen-bond donors (Lipinski definition) is 1. The molecule has 3 rings (SSSR count). The van der Waals surface area contributed by atoms with Crippen molar-refractivity contribution in [1.82, 2.24) is 0 Å². The topological polar surface area (TPSA) is 86.0 Å². The van der Waals surface area contributed by atoms with Gasteiger partial charge in [0.15, 0.2) is 17.9 Å². The van der Waals surface area contributed by atoms with E-state index in [2.05, 4.69) is 0 Å². The van der Waals surface area contributed by atoms with Gasteiger partial charge in [0.2, 0.25) is 5.75 Å². The Hall–Kier alpha value is -2.50. The van der Waals surface area contributed by atoms with Crippen molar-refractivity contribution in [3.8, 4) is 11.5 Å². The third kappa shape index (κ3) is 2.01. The van der Waals surface area contributed by atoms with Crippen molar-refractivity contribution in [3.63, 3.8) is 0 Å². The van der Waals surface area contributed by atoms with Gasteiger partial charge in [-0.15, -0.1) is 0 Å². The number of rotatable bonds is 3. The Bertz CT molecular complexity index is 669. The molecule has 19 heavy (non-hydrogen) atoms. The average Bonchev–Trinajstić information content (AvgIpc) is 2.82. The van der Waals surface area contributed by atoms with E-state index in [1.54, 1.807) is 6.07 Å². The molecule has 1 aliphatic heterocycles. The quantitative estimate of drug-likeness (QED) is 0.669. The highest BCUT2D eigenvalue weighted by molar-refractivity contribution is 5.90. The zero-order valence-corrected chi connectivity index (χ0v) is 9.84. The Kier molecular flexibility index (Phi) is 2.63. The van der Waals surface area contributed by atoms with Gasteiger partial charge in [-0.3, -0.25) is 4.79 Å². The second-order valence-electron chi connectivity index (χ2n) is 4.19. The summed E-state index contributed by atoms with van der Waals surface area (Å²) in [6.07, 6.45) is 2.32. The van der Waals surface area contributed by atoms with Crippen LogP contribution in [0.4, 0.5) is 0 Å². The van der Waals surface area contributed by atoms with Crippen molar-refractivity contribution < 1.29 is 28.6 Å². The first-order valence-corrected chi connectivity index (χ1v) is 5.73. The van der Waals surface area contributed by atoms with Gasteiger partial charge in [0.05, 0.1) is 12.7 Å². The van der Waals surface area contributed by atoms with Crippen molar-refractivity contribution in [1.29, 1.82) is 0 Å². The van der Waals surface area contributed by atoms with Crippen LogP contribution >= 0.6 is 0 Å². The minimum absolute atomic E-state index is 0.174. The number of fused-ring (bicyclic) bond motifs is 2. The molecular formula is C13H10O6. The molecule has 1 aromatic carbocycles. The fourth-order valence-corrected chi connectivity index (χ4v) is 2.08. The van der Waals surface area contributed by atoms with Crippen molar-refractivity contribution >= 4 is 22.9 Å². The maximum absolute atomic E-state index is 11.4. The molecule has 0 spiro atoms. The number of carboxylic acids is 1. The lowest BCUT2D eigenvalue weighted by Crippen LogP contribution is -2.18. The number of ether oxygens (including phenoxy) is 2. The van der Waals surface area contributed by atoms with Crippen LogP contribution in [0, 0.1) is 0 Å². The third-order valence-electron chi connectivity index (χ3n) is 2.88. The molecule has 6 nitrogen and oxygen atoms in total. The summed E-state index contributed by atoms with van der Waals surface area (Å²) in [6.45, 7) is -0.524. The number of benzene rings is 1. The van der Waals surface area contributed by atoms with Crippen LogP contribution in [-0.4, -0.2) is 23.7 Å². The number of carbonyl (C=O) groups is 2. The van der Waals surface area contributed by atoms with Gasteiger partial charge >= 0.3 is 11.9 Å². The van der Waals surface area contributed by atoms with Gasteiger partial charge in [0, 0.05) is 10.9 Å². The molecule has 98 valence electrons. The van der Waals surface area contributed by atoms with Gasteiger partial charge < -0.3 is 19.0 Å². The van der Waals surface area contributed by atoms with Gasteiger partial charge in [0.1, 0.15) is 0 Å². The highest BCUT2D eigenvalue weighted by atomic mass is 16.6. The molecular weight excluding hydrogens is 252 g/mol. The molecule has 2 heterocycles. The van der Waals surface area contributed by atoms with E-state index >= 15 is 0 Å². The van der Waals surface area contributed by atoms with E-state index in [9.17, 15) is 9.59 Å². The van der Waals surface area contributed by atoms with Crippen molar-refractivity contribution in [2.24, 2.45) is 0 Å². The maximum atomic E-state index is 11.4. The van der Waals surface area contributed by atoms with Crippen LogP contribution in [0.1, 0.15) is 12.0 Å².